The fraction of sp³-hybridized carbons (Fsp3) is 0.409. The lowest BCUT2D eigenvalue weighted by molar-refractivity contribution is -0.933. The third kappa shape index (κ3) is 4.45. The van der Waals surface area contributed by atoms with Gasteiger partial charge in [0.05, 0.1) is 31.9 Å². The fourth-order valence-corrected chi connectivity index (χ4v) is 4.25. The predicted molar refractivity (Wildman–Crippen MR) is 110 cm³/mol. The Bertz CT molecular complexity index is 904. The summed E-state index contributed by atoms with van der Waals surface area (Å²) in [6.07, 6.45) is 1.88. The number of anilines is 1. The molecule has 0 amide bonds. The van der Waals surface area contributed by atoms with Gasteiger partial charge in [-0.25, -0.2) is 9.07 Å². The lowest BCUT2D eigenvalue weighted by Crippen LogP contribution is -3.15. The molecular formula is C22H28FN6+. The molecule has 0 saturated carbocycles. The Hall–Kier alpha value is -2.80. The minimum absolute atomic E-state index is 0.146. The van der Waals surface area contributed by atoms with Crippen LogP contribution in [-0.4, -0.2) is 46.4 Å². The smallest absolute Gasteiger partial charge is 0.209 e. The highest BCUT2D eigenvalue weighted by Crippen LogP contribution is 2.19. The minimum Gasteiger partial charge on any atom is -0.358 e. The van der Waals surface area contributed by atoms with E-state index in [1.54, 1.807) is 6.07 Å². The number of aromatic nitrogens is 4. The summed E-state index contributed by atoms with van der Waals surface area (Å²) in [5.41, 5.74) is 1.99. The Balaban J connectivity index is 1.41. The molecule has 4 rings (SSSR count). The van der Waals surface area contributed by atoms with Crippen LogP contribution in [-0.2, 0) is 13.0 Å². The van der Waals surface area contributed by atoms with Gasteiger partial charge in [0.15, 0.2) is 0 Å². The summed E-state index contributed by atoms with van der Waals surface area (Å²) in [5, 5.41) is 12.6. The van der Waals surface area contributed by atoms with Crippen LogP contribution < -0.4 is 9.80 Å². The van der Waals surface area contributed by atoms with Crippen molar-refractivity contribution in [3.05, 3.63) is 71.8 Å². The first-order chi connectivity index (χ1) is 14.3. The Labute approximate surface area is 170 Å². The average Bonchev–Trinajstić information content (AvgIpc) is 3.23. The Kier molecular flexibility index (Phi) is 6.14. The molecule has 0 unspecified atom stereocenters. The largest absolute Gasteiger partial charge is 0.358 e. The van der Waals surface area contributed by atoms with Crippen molar-refractivity contribution < 1.29 is 9.29 Å². The van der Waals surface area contributed by atoms with Crippen LogP contribution in [0.4, 0.5) is 10.1 Å². The SMILES string of the molecule is CC[C@@H](c1nnnn1CCc1ccccc1)[NH+]1CCN(c2ccccc2F)CC1. The van der Waals surface area contributed by atoms with E-state index < -0.39 is 0 Å². The van der Waals surface area contributed by atoms with Crippen molar-refractivity contribution in [2.24, 2.45) is 0 Å². The van der Waals surface area contributed by atoms with Gasteiger partial charge in [-0.3, -0.25) is 0 Å². The van der Waals surface area contributed by atoms with E-state index in [2.05, 4.69) is 51.6 Å². The molecule has 1 saturated heterocycles. The molecule has 2 heterocycles. The van der Waals surface area contributed by atoms with Gasteiger partial charge in [0.1, 0.15) is 11.9 Å². The van der Waals surface area contributed by atoms with Crippen LogP contribution in [0.25, 0.3) is 0 Å². The van der Waals surface area contributed by atoms with Crippen LogP contribution in [0.2, 0.25) is 0 Å². The predicted octanol–water partition coefficient (Wildman–Crippen LogP) is 1.91. The van der Waals surface area contributed by atoms with Crippen molar-refractivity contribution in [2.45, 2.75) is 32.4 Å². The van der Waals surface area contributed by atoms with Crippen molar-refractivity contribution >= 4 is 5.69 Å². The molecule has 1 aromatic heterocycles. The van der Waals surface area contributed by atoms with Gasteiger partial charge in [-0.15, -0.1) is 5.10 Å². The average molecular weight is 396 g/mol. The maximum Gasteiger partial charge on any atom is 0.209 e. The highest BCUT2D eigenvalue weighted by molar-refractivity contribution is 5.47. The number of hydrogen-bond donors (Lipinski definition) is 1. The molecule has 1 aliphatic rings. The number of nitrogens with zero attached hydrogens (tertiary/aromatic N) is 5. The number of piperazine rings is 1. The van der Waals surface area contributed by atoms with E-state index in [4.69, 9.17) is 0 Å². The molecule has 1 aliphatic heterocycles. The number of para-hydroxylation sites is 1. The molecule has 1 atom stereocenters. The summed E-state index contributed by atoms with van der Waals surface area (Å²) in [4.78, 5) is 3.61. The number of tetrazole rings is 1. The third-order valence-electron chi connectivity index (χ3n) is 5.83. The van der Waals surface area contributed by atoms with Gasteiger partial charge in [-0.1, -0.05) is 49.4 Å². The number of aryl methyl sites for hydroxylation is 2. The number of nitrogens with one attached hydrogen (secondary N) is 1. The van der Waals surface area contributed by atoms with E-state index in [0.29, 0.717) is 5.69 Å². The molecule has 6 nitrogen and oxygen atoms in total. The summed E-state index contributed by atoms with van der Waals surface area (Å²) in [7, 11) is 0. The number of halogens is 1. The molecule has 0 spiro atoms. The van der Waals surface area contributed by atoms with E-state index in [9.17, 15) is 4.39 Å². The van der Waals surface area contributed by atoms with Gasteiger partial charge in [-0.05, 0) is 34.5 Å². The van der Waals surface area contributed by atoms with Crippen molar-refractivity contribution in [1.82, 2.24) is 20.2 Å². The number of benzene rings is 2. The molecule has 0 aliphatic carbocycles. The van der Waals surface area contributed by atoms with Gasteiger partial charge >= 0.3 is 0 Å². The highest BCUT2D eigenvalue weighted by Gasteiger charge is 2.31. The first kappa shape index (κ1) is 19.5. The van der Waals surface area contributed by atoms with E-state index in [1.807, 2.05) is 22.9 Å². The van der Waals surface area contributed by atoms with Crippen molar-refractivity contribution in [3.8, 4) is 0 Å². The molecule has 1 fully saturated rings. The Morgan fingerprint density at radius 3 is 2.48 bits per heavy atom. The molecule has 1 N–H and O–H groups in total. The monoisotopic (exact) mass is 395 g/mol. The molecule has 2 aromatic carbocycles. The van der Waals surface area contributed by atoms with E-state index in [0.717, 1.165) is 51.4 Å². The van der Waals surface area contributed by atoms with E-state index in [1.165, 1.54) is 16.5 Å². The second-order valence-electron chi connectivity index (χ2n) is 7.55. The molecular weight excluding hydrogens is 367 g/mol. The molecule has 7 heteroatoms. The van der Waals surface area contributed by atoms with Gasteiger partial charge in [-0.2, -0.15) is 0 Å². The second kappa shape index (κ2) is 9.13. The number of quaternary nitrogens is 1. The zero-order valence-electron chi connectivity index (χ0n) is 16.8. The van der Waals surface area contributed by atoms with Gasteiger partial charge < -0.3 is 9.80 Å². The lowest BCUT2D eigenvalue weighted by Gasteiger charge is -2.37. The third-order valence-corrected chi connectivity index (χ3v) is 5.83. The first-order valence-corrected chi connectivity index (χ1v) is 10.4. The molecule has 0 bridgehead atoms. The van der Waals surface area contributed by atoms with Crippen molar-refractivity contribution in [3.63, 3.8) is 0 Å². The topological polar surface area (TPSA) is 51.3 Å². The second-order valence-corrected chi connectivity index (χ2v) is 7.55. The summed E-state index contributed by atoms with van der Waals surface area (Å²) >= 11 is 0. The van der Waals surface area contributed by atoms with Crippen LogP contribution >= 0.6 is 0 Å². The normalized spacial score (nSPS) is 16.1. The van der Waals surface area contributed by atoms with Crippen LogP contribution in [0.5, 0.6) is 0 Å². The zero-order valence-corrected chi connectivity index (χ0v) is 16.8. The van der Waals surface area contributed by atoms with Gasteiger partial charge in [0.2, 0.25) is 5.82 Å². The first-order valence-electron chi connectivity index (χ1n) is 10.4. The summed E-state index contributed by atoms with van der Waals surface area (Å²) in [6, 6.07) is 17.7. The maximum absolute atomic E-state index is 14.1. The van der Waals surface area contributed by atoms with Crippen molar-refractivity contribution in [1.29, 1.82) is 0 Å². The highest BCUT2D eigenvalue weighted by atomic mass is 19.1. The zero-order chi connectivity index (χ0) is 20.1. The quantitative estimate of drug-likeness (QED) is 0.664. The van der Waals surface area contributed by atoms with Gasteiger partial charge in [0, 0.05) is 13.0 Å². The van der Waals surface area contributed by atoms with Crippen molar-refractivity contribution in [2.75, 3.05) is 31.1 Å². The minimum atomic E-state index is -0.146. The lowest BCUT2D eigenvalue weighted by atomic mass is 10.1. The number of rotatable bonds is 7. The Morgan fingerprint density at radius 1 is 1.03 bits per heavy atom. The summed E-state index contributed by atoms with van der Waals surface area (Å²) in [6.45, 7) is 6.52. The van der Waals surface area contributed by atoms with Crippen LogP contribution in [0, 0.1) is 5.82 Å². The Morgan fingerprint density at radius 2 is 1.76 bits per heavy atom. The molecule has 29 heavy (non-hydrogen) atoms. The van der Waals surface area contributed by atoms with Crippen LogP contribution in [0.1, 0.15) is 30.8 Å². The van der Waals surface area contributed by atoms with Crippen LogP contribution in [0.15, 0.2) is 54.6 Å². The fourth-order valence-electron chi connectivity index (χ4n) is 4.25. The maximum atomic E-state index is 14.1. The van der Waals surface area contributed by atoms with E-state index in [-0.39, 0.29) is 11.9 Å². The van der Waals surface area contributed by atoms with E-state index >= 15 is 0 Å². The summed E-state index contributed by atoms with van der Waals surface area (Å²) in [5.74, 6) is 0.811. The standard InChI is InChI=1S/C22H27FN6/c1-2-20(22-24-25-26-29(22)13-12-18-8-4-3-5-9-18)27-14-16-28(17-15-27)21-11-7-6-10-19(21)23/h3-11,20H,2,12-17H2,1H3/p+1/t20-/m0/s1. The molecule has 3 aromatic rings. The molecule has 152 valence electrons. The number of hydrogen-bond acceptors (Lipinski definition) is 4. The van der Waals surface area contributed by atoms with Crippen LogP contribution in [0.3, 0.4) is 0 Å². The van der Waals surface area contributed by atoms with Gasteiger partial charge in [0.25, 0.3) is 0 Å². The molecule has 0 radical (unpaired) electrons. The summed E-state index contributed by atoms with van der Waals surface area (Å²) < 4.78 is 16.1.